The molecule has 13 heteroatoms. The van der Waals surface area contributed by atoms with E-state index in [2.05, 4.69) is 30.7 Å². The monoisotopic (exact) mass is 564 g/mol. The maximum atomic E-state index is 12.9. The molecule has 3 N–H and O–H groups in total. The SMILES string of the molecule is CC(CCOCCN=[N+]=[N-])NC(=O)c1ccc2c(c1)C(CO)c1cc(C(=O)NC(C)CCOCCN=[N+]=[N-])ccc1-2. The highest BCUT2D eigenvalue weighted by Crippen LogP contribution is 2.45. The summed E-state index contributed by atoms with van der Waals surface area (Å²) in [5, 5.41) is 23.0. The Labute approximate surface area is 238 Å². The molecule has 0 spiro atoms. The first-order chi connectivity index (χ1) is 19.9. The van der Waals surface area contributed by atoms with Crippen LogP contribution < -0.4 is 10.6 Å². The molecule has 0 aromatic heterocycles. The van der Waals surface area contributed by atoms with Crippen molar-refractivity contribution in [1.82, 2.24) is 10.6 Å². The van der Waals surface area contributed by atoms with E-state index in [1.165, 1.54) is 0 Å². The van der Waals surface area contributed by atoms with Gasteiger partial charge >= 0.3 is 0 Å². The van der Waals surface area contributed by atoms with Crippen LogP contribution >= 0.6 is 0 Å². The molecule has 1 aliphatic rings. The van der Waals surface area contributed by atoms with Crippen LogP contribution in [0.4, 0.5) is 0 Å². The zero-order valence-electron chi connectivity index (χ0n) is 23.3. The largest absolute Gasteiger partial charge is 0.395 e. The Morgan fingerprint density at radius 3 is 1.66 bits per heavy atom. The van der Waals surface area contributed by atoms with Crippen molar-refractivity contribution < 1.29 is 24.2 Å². The number of amides is 2. The van der Waals surface area contributed by atoms with Gasteiger partial charge in [-0.05, 0) is 84.3 Å². The highest BCUT2D eigenvalue weighted by atomic mass is 16.5. The van der Waals surface area contributed by atoms with Gasteiger partial charge in [-0.2, -0.15) is 0 Å². The van der Waals surface area contributed by atoms with Crippen molar-refractivity contribution in [2.75, 3.05) is 46.1 Å². The van der Waals surface area contributed by atoms with E-state index in [1.54, 1.807) is 24.3 Å². The second kappa shape index (κ2) is 16.2. The quantitative estimate of drug-likeness (QED) is 0.110. The van der Waals surface area contributed by atoms with E-state index in [-0.39, 0.29) is 49.5 Å². The van der Waals surface area contributed by atoms with E-state index in [0.717, 1.165) is 22.3 Å². The van der Waals surface area contributed by atoms with Crippen molar-refractivity contribution in [3.8, 4) is 11.1 Å². The average molecular weight is 565 g/mol. The van der Waals surface area contributed by atoms with Gasteiger partial charge in [-0.25, -0.2) is 0 Å². The molecule has 13 nitrogen and oxygen atoms in total. The zero-order valence-corrected chi connectivity index (χ0v) is 23.3. The van der Waals surface area contributed by atoms with E-state index >= 15 is 0 Å². The van der Waals surface area contributed by atoms with Crippen LogP contribution in [0.15, 0.2) is 46.6 Å². The summed E-state index contributed by atoms with van der Waals surface area (Å²) in [5.41, 5.74) is 21.1. The van der Waals surface area contributed by atoms with Gasteiger partial charge in [0.25, 0.3) is 11.8 Å². The second-order valence-corrected chi connectivity index (χ2v) is 9.80. The summed E-state index contributed by atoms with van der Waals surface area (Å²) in [5.74, 6) is -0.806. The van der Waals surface area contributed by atoms with Gasteiger partial charge in [-0.3, -0.25) is 9.59 Å². The molecule has 2 amide bonds. The predicted octanol–water partition coefficient (Wildman–Crippen LogP) is 4.46. The standard InChI is InChI=1S/C28H36N8O5/c1-18(7-11-40-13-9-31-35-29)33-27(38)20-3-5-22-23-6-4-21(16-25(23)26(17-37)24(22)15-20)28(39)34-19(2)8-12-41-14-10-32-36-30/h3-6,15-16,18-19,26,37H,7-14,17H2,1-2H3,(H,33,38)(H,34,39). The number of ether oxygens (including phenoxy) is 2. The molecule has 0 heterocycles. The summed E-state index contributed by atoms with van der Waals surface area (Å²) in [4.78, 5) is 31.2. The first-order valence-corrected chi connectivity index (χ1v) is 13.6. The highest BCUT2D eigenvalue weighted by molar-refractivity contribution is 5.98. The van der Waals surface area contributed by atoms with Gasteiger partial charge in [0, 0.05) is 65.3 Å². The summed E-state index contributed by atoms with van der Waals surface area (Å²) in [6.07, 6.45) is 1.21. The molecule has 3 rings (SSSR count). The molecule has 0 saturated heterocycles. The summed E-state index contributed by atoms with van der Waals surface area (Å²) < 4.78 is 10.8. The lowest BCUT2D eigenvalue weighted by Crippen LogP contribution is -2.33. The smallest absolute Gasteiger partial charge is 0.251 e. The van der Waals surface area contributed by atoms with Crippen molar-refractivity contribution in [3.05, 3.63) is 79.5 Å². The number of hydrogen-bond acceptors (Lipinski definition) is 7. The number of azide groups is 2. The number of benzene rings is 2. The third kappa shape index (κ3) is 8.94. The van der Waals surface area contributed by atoms with Crippen LogP contribution in [0.5, 0.6) is 0 Å². The lowest BCUT2D eigenvalue weighted by molar-refractivity contribution is 0.0909. The lowest BCUT2D eigenvalue weighted by Gasteiger charge is -2.16. The van der Waals surface area contributed by atoms with E-state index < -0.39 is 0 Å². The molecule has 218 valence electrons. The van der Waals surface area contributed by atoms with Gasteiger partial charge in [-0.15, -0.1) is 0 Å². The maximum absolute atomic E-state index is 12.9. The van der Waals surface area contributed by atoms with Gasteiger partial charge < -0.3 is 25.2 Å². The Bertz CT molecular complexity index is 1210. The van der Waals surface area contributed by atoms with Crippen LogP contribution in [0, 0.1) is 0 Å². The number of carbonyl (C=O) groups excluding carboxylic acids is 2. The van der Waals surface area contributed by atoms with Gasteiger partial charge in [0.1, 0.15) is 0 Å². The fraction of sp³-hybridized carbons (Fsp3) is 0.500. The molecule has 0 bridgehead atoms. The van der Waals surface area contributed by atoms with Crippen LogP contribution in [-0.2, 0) is 9.47 Å². The molecule has 2 atom stereocenters. The van der Waals surface area contributed by atoms with Crippen LogP contribution in [0.2, 0.25) is 0 Å². The van der Waals surface area contributed by atoms with Crippen molar-refractivity contribution in [2.45, 2.75) is 44.7 Å². The third-order valence-electron chi connectivity index (χ3n) is 6.79. The van der Waals surface area contributed by atoms with E-state index in [1.807, 2.05) is 26.0 Å². The van der Waals surface area contributed by atoms with Crippen molar-refractivity contribution in [3.63, 3.8) is 0 Å². The number of aliphatic hydroxyl groups is 1. The molecule has 0 saturated carbocycles. The van der Waals surface area contributed by atoms with Crippen LogP contribution in [0.25, 0.3) is 32.0 Å². The van der Waals surface area contributed by atoms with Crippen molar-refractivity contribution in [2.24, 2.45) is 10.2 Å². The fourth-order valence-electron chi connectivity index (χ4n) is 4.62. The number of hydrogen-bond donors (Lipinski definition) is 3. The highest BCUT2D eigenvalue weighted by Gasteiger charge is 2.30. The Hall–Kier alpha value is -4.12. The van der Waals surface area contributed by atoms with Gasteiger partial charge in [0.2, 0.25) is 0 Å². The minimum Gasteiger partial charge on any atom is -0.395 e. The summed E-state index contributed by atoms with van der Waals surface area (Å²) in [6.45, 7) is 5.67. The van der Waals surface area contributed by atoms with Crippen molar-refractivity contribution >= 4 is 11.8 Å². The summed E-state index contributed by atoms with van der Waals surface area (Å²) >= 11 is 0. The summed E-state index contributed by atoms with van der Waals surface area (Å²) in [7, 11) is 0. The van der Waals surface area contributed by atoms with Crippen LogP contribution in [0.3, 0.4) is 0 Å². The molecular weight excluding hydrogens is 528 g/mol. The number of aliphatic hydroxyl groups excluding tert-OH is 1. The second-order valence-electron chi connectivity index (χ2n) is 9.80. The Kier molecular flexibility index (Phi) is 12.4. The average Bonchev–Trinajstić information content (AvgIpc) is 3.28. The first kappa shape index (κ1) is 31.4. The van der Waals surface area contributed by atoms with Gasteiger partial charge in [-0.1, -0.05) is 22.4 Å². The molecule has 0 fully saturated rings. The fourth-order valence-corrected chi connectivity index (χ4v) is 4.62. The first-order valence-electron chi connectivity index (χ1n) is 13.6. The van der Waals surface area contributed by atoms with Crippen molar-refractivity contribution in [1.29, 1.82) is 0 Å². The number of carbonyl (C=O) groups is 2. The molecule has 41 heavy (non-hydrogen) atoms. The van der Waals surface area contributed by atoms with E-state index in [9.17, 15) is 14.7 Å². The molecule has 2 aromatic rings. The minimum atomic E-state index is -0.357. The third-order valence-corrected chi connectivity index (χ3v) is 6.79. The normalized spacial score (nSPS) is 14.6. The topological polar surface area (TPSA) is 194 Å². The van der Waals surface area contributed by atoms with Crippen LogP contribution in [0.1, 0.15) is 64.4 Å². The van der Waals surface area contributed by atoms with Gasteiger partial charge in [0.05, 0.1) is 19.8 Å². The molecule has 0 radical (unpaired) electrons. The van der Waals surface area contributed by atoms with Gasteiger partial charge in [0.15, 0.2) is 0 Å². The molecule has 2 aromatic carbocycles. The minimum absolute atomic E-state index is 0.131. The molecule has 0 aliphatic heterocycles. The number of rotatable bonds is 17. The molecule has 1 aliphatic carbocycles. The van der Waals surface area contributed by atoms with E-state index in [0.29, 0.717) is 50.4 Å². The predicted molar refractivity (Wildman–Crippen MR) is 154 cm³/mol. The molecule has 2 unspecified atom stereocenters. The number of nitrogens with zero attached hydrogens (tertiary/aromatic N) is 6. The van der Waals surface area contributed by atoms with E-state index in [4.69, 9.17) is 20.5 Å². The Balaban J connectivity index is 1.60. The zero-order chi connectivity index (χ0) is 29.6. The molecular formula is C28H36N8O5. The Morgan fingerprint density at radius 2 is 1.27 bits per heavy atom. The summed E-state index contributed by atoms with van der Waals surface area (Å²) in [6, 6.07) is 10.6. The van der Waals surface area contributed by atoms with Crippen LogP contribution in [-0.4, -0.2) is 75.1 Å². The lowest BCUT2D eigenvalue weighted by atomic mass is 9.95. The maximum Gasteiger partial charge on any atom is 0.251 e. The number of fused-ring (bicyclic) bond motifs is 3. The number of nitrogens with one attached hydrogen (secondary N) is 2. The Morgan fingerprint density at radius 1 is 0.829 bits per heavy atom.